The molecule has 0 unspecified atom stereocenters. The number of rotatable bonds is 4. The van der Waals surface area contributed by atoms with Crippen LogP contribution in [0.4, 0.5) is 0 Å². The summed E-state index contributed by atoms with van der Waals surface area (Å²) in [6, 6.07) is 17.0. The highest BCUT2D eigenvalue weighted by molar-refractivity contribution is 6.03. The van der Waals surface area contributed by atoms with Crippen molar-refractivity contribution in [3.05, 3.63) is 65.2 Å². The number of fused-ring (bicyclic) bond motifs is 1. The zero-order valence-corrected chi connectivity index (χ0v) is 13.2. The molecule has 0 radical (unpaired) electrons. The van der Waals surface area contributed by atoms with Gasteiger partial charge in [0.15, 0.2) is 6.61 Å². The second-order valence-corrected chi connectivity index (χ2v) is 5.50. The monoisotopic (exact) mass is 319 g/mol. The lowest BCUT2D eigenvalue weighted by Gasteiger charge is -2.17. The van der Waals surface area contributed by atoms with Crippen molar-refractivity contribution in [2.75, 3.05) is 6.61 Å². The number of nitrogens with one attached hydrogen (secondary N) is 1. The molecule has 0 saturated heterocycles. The highest BCUT2D eigenvalue weighted by Crippen LogP contribution is 2.21. The topological polar surface area (TPSA) is 74.5 Å². The summed E-state index contributed by atoms with van der Waals surface area (Å²) >= 11 is 0. The molecular weight excluding hydrogens is 302 g/mol. The van der Waals surface area contributed by atoms with Crippen LogP contribution < -0.4 is 10.2 Å². The first-order chi connectivity index (χ1) is 11.8. The Morgan fingerprint density at radius 2 is 1.96 bits per heavy atom. The van der Waals surface area contributed by atoms with Gasteiger partial charge in [0.05, 0.1) is 11.3 Å². The molecule has 120 valence electrons. The highest BCUT2D eigenvalue weighted by Gasteiger charge is 2.15. The molecule has 0 spiro atoms. The molecule has 2 aromatic carbocycles. The standard InChI is InChI=1S/C19H17N3O2/c20-12-15-7-2-4-11-18(15)24-13-19(23)22-21-17-10-5-8-14-6-1-3-9-16(14)17/h1-4,6-7,9,11H,5,8,10,13H2,(H,22,23). The van der Waals surface area contributed by atoms with Gasteiger partial charge in [-0.3, -0.25) is 4.79 Å². The van der Waals surface area contributed by atoms with Crippen molar-refractivity contribution >= 4 is 11.6 Å². The average Bonchev–Trinajstić information content (AvgIpc) is 2.64. The largest absolute Gasteiger partial charge is 0.482 e. The summed E-state index contributed by atoms with van der Waals surface area (Å²) in [4.78, 5) is 11.9. The van der Waals surface area contributed by atoms with Crippen LogP contribution in [0.25, 0.3) is 0 Å². The van der Waals surface area contributed by atoms with Crippen LogP contribution in [0.15, 0.2) is 53.6 Å². The van der Waals surface area contributed by atoms with Gasteiger partial charge in [0.25, 0.3) is 5.91 Å². The first kappa shape index (κ1) is 15.8. The second kappa shape index (κ2) is 7.42. The Kier molecular flexibility index (Phi) is 4.87. The minimum Gasteiger partial charge on any atom is -0.482 e. The molecule has 3 rings (SSSR count). The van der Waals surface area contributed by atoms with E-state index in [0.29, 0.717) is 11.3 Å². The van der Waals surface area contributed by atoms with Crippen LogP contribution in [-0.4, -0.2) is 18.2 Å². The van der Waals surface area contributed by atoms with Crippen LogP contribution in [0.5, 0.6) is 5.75 Å². The number of ether oxygens (including phenoxy) is 1. The number of carbonyl (C=O) groups excluding carboxylic acids is 1. The molecule has 0 bridgehead atoms. The molecule has 0 aliphatic heterocycles. The number of hydrogen-bond acceptors (Lipinski definition) is 4. The third-order valence-electron chi connectivity index (χ3n) is 3.87. The van der Waals surface area contributed by atoms with E-state index in [1.165, 1.54) is 5.56 Å². The van der Waals surface area contributed by atoms with Crippen molar-refractivity contribution in [2.24, 2.45) is 5.10 Å². The van der Waals surface area contributed by atoms with E-state index >= 15 is 0 Å². The van der Waals surface area contributed by atoms with Gasteiger partial charge in [0.1, 0.15) is 11.8 Å². The molecule has 0 aromatic heterocycles. The van der Waals surface area contributed by atoms with Crippen LogP contribution in [0.2, 0.25) is 0 Å². The SMILES string of the molecule is N#Cc1ccccc1OCC(=O)NN=C1CCCc2ccccc21. The number of nitriles is 1. The molecule has 0 saturated carbocycles. The van der Waals surface area contributed by atoms with E-state index in [4.69, 9.17) is 10.00 Å². The zero-order chi connectivity index (χ0) is 16.8. The fourth-order valence-corrected chi connectivity index (χ4v) is 2.71. The molecule has 5 nitrogen and oxygen atoms in total. The first-order valence-corrected chi connectivity index (χ1v) is 7.83. The number of benzene rings is 2. The van der Waals surface area contributed by atoms with Gasteiger partial charge in [-0.25, -0.2) is 5.43 Å². The Hall–Kier alpha value is -3.13. The summed E-state index contributed by atoms with van der Waals surface area (Å²) in [5.41, 5.74) is 6.19. The predicted molar refractivity (Wildman–Crippen MR) is 90.7 cm³/mol. The summed E-state index contributed by atoms with van der Waals surface area (Å²) in [6.45, 7) is -0.183. The van der Waals surface area contributed by atoms with Crippen molar-refractivity contribution in [1.82, 2.24) is 5.43 Å². The van der Waals surface area contributed by atoms with Gasteiger partial charge >= 0.3 is 0 Å². The smallest absolute Gasteiger partial charge is 0.277 e. The summed E-state index contributed by atoms with van der Waals surface area (Å²) in [5, 5.41) is 13.2. The number of hydrazone groups is 1. The van der Waals surface area contributed by atoms with Crippen molar-refractivity contribution in [1.29, 1.82) is 5.26 Å². The molecule has 1 aliphatic carbocycles. The Bertz CT molecular complexity index is 821. The minimum absolute atomic E-state index is 0.183. The third-order valence-corrected chi connectivity index (χ3v) is 3.87. The second-order valence-electron chi connectivity index (χ2n) is 5.50. The fraction of sp³-hybridized carbons (Fsp3) is 0.211. The highest BCUT2D eigenvalue weighted by atomic mass is 16.5. The first-order valence-electron chi connectivity index (χ1n) is 7.83. The van der Waals surface area contributed by atoms with Crippen molar-refractivity contribution in [3.63, 3.8) is 0 Å². The van der Waals surface area contributed by atoms with Crippen LogP contribution in [0.1, 0.15) is 29.5 Å². The summed E-state index contributed by atoms with van der Waals surface area (Å²) in [6.07, 6.45) is 2.91. The van der Waals surface area contributed by atoms with E-state index in [9.17, 15) is 4.79 Å². The van der Waals surface area contributed by atoms with Crippen molar-refractivity contribution in [3.8, 4) is 11.8 Å². The van der Waals surface area contributed by atoms with Gasteiger partial charge in [-0.1, -0.05) is 36.4 Å². The number of hydrogen-bond donors (Lipinski definition) is 1. The Morgan fingerprint density at radius 1 is 1.17 bits per heavy atom. The summed E-state index contributed by atoms with van der Waals surface area (Å²) < 4.78 is 5.40. The lowest BCUT2D eigenvalue weighted by Crippen LogP contribution is -2.27. The summed E-state index contributed by atoms with van der Waals surface area (Å²) in [7, 11) is 0. The maximum Gasteiger partial charge on any atom is 0.277 e. The van der Waals surface area contributed by atoms with Crippen LogP contribution in [0.3, 0.4) is 0 Å². The third kappa shape index (κ3) is 3.61. The number of para-hydroxylation sites is 1. The molecule has 0 atom stereocenters. The Morgan fingerprint density at radius 3 is 2.83 bits per heavy atom. The van der Waals surface area contributed by atoms with E-state index in [1.807, 2.05) is 24.3 Å². The molecule has 1 amide bonds. The lowest BCUT2D eigenvalue weighted by molar-refractivity contribution is -0.123. The minimum atomic E-state index is -0.349. The molecule has 5 heteroatoms. The van der Waals surface area contributed by atoms with Gasteiger partial charge in [-0.2, -0.15) is 10.4 Å². The van der Waals surface area contributed by atoms with Crippen LogP contribution in [-0.2, 0) is 11.2 Å². The number of nitrogens with zero attached hydrogens (tertiary/aromatic N) is 2. The maximum absolute atomic E-state index is 11.9. The van der Waals surface area contributed by atoms with E-state index in [1.54, 1.807) is 24.3 Å². The average molecular weight is 319 g/mol. The molecule has 0 heterocycles. The normalized spacial score (nSPS) is 14.5. The molecule has 1 aliphatic rings. The quantitative estimate of drug-likeness (QED) is 0.881. The fourth-order valence-electron chi connectivity index (χ4n) is 2.71. The molecule has 1 N–H and O–H groups in total. The molecular formula is C19H17N3O2. The number of carbonyl (C=O) groups is 1. The van der Waals surface area contributed by atoms with E-state index < -0.39 is 0 Å². The zero-order valence-electron chi connectivity index (χ0n) is 13.2. The number of aryl methyl sites for hydroxylation is 1. The van der Waals surface area contributed by atoms with Gasteiger partial charge in [-0.15, -0.1) is 0 Å². The lowest BCUT2D eigenvalue weighted by atomic mass is 9.90. The van der Waals surface area contributed by atoms with E-state index in [0.717, 1.165) is 30.5 Å². The van der Waals surface area contributed by atoms with Gasteiger partial charge in [-0.05, 0) is 37.0 Å². The van der Waals surface area contributed by atoms with Crippen molar-refractivity contribution in [2.45, 2.75) is 19.3 Å². The molecule has 2 aromatic rings. The van der Waals surface area contributed by atoms with Gasteiger partial charge in [0, 0.05) is 5.56 Å². The molecule has 24 heavy (non-hydrogen) atoms. The molecule has 0 fully saturated rings. The Labute approximate surface area is 140 Å². The van der Waals surface area contributed by atoms with Crippen LogP contribution in [0, 0.1) is 11.3 Å². The maximum atomic E-state index is 11.9. The number of amides is 1. The summed E-state index contributed by atoms with van der Waals surface area (Å²) in [5.74, 6) is 0.0455. The van der Waals surface area contributed by atoms with Crippen LogP contribution >= 0.6 is 0 Å². The van der Waals surface area contributed by atoms with E-state index in [-0.39, 0.29) is 12.5 Å². The van der Waals surface area contributed by atoms with Gasteiger partial charge in [0.2, 0.25) is 0 Å². The van der Waals surface area contributed by atoms with Crippen molar-refractivity contribution < 1.29 is 9.53 Å². The van der Waals surface area contributed by atoms with E-state index in [2.05, 4.69) is 16.6 Å². The Balaban J connectivity index is 1.61. The van der Waals surface area contributed by atoms with Gasteiger partial charge < -0.3 is 4.74 Å². The predicted octanol–water partition coefficient (Wildman–Crippen LogP) is 2.79.